The molecule has 2 aromatic rings. The summed E-state index contributed by atoms with van der Waals surface area (Å²) in [7, 11) is -4.03. The van der Waals surface area contributed by atoms with Gasteiger partial charge in [0.25, 0.3) is 5.91 Å². The number of nitrogens with two attached hydrogens (primary N) is 1. The summed E-state index contributed by atoms with van der Waals surface area (Å²) in [5.41, 5.74) is 0.546. The van der Waals surface area contributed by atoms with Gasteiger partial charge in [-0.25, -0.2) is 22.6 Å². The Kier molecular flexibility index (Phi) is 4.01. The predicted molar refractivity (Wildman–Crippen MR) is 85.9 cm³/mol. The summed E-state index contributed by atoms with van der Waals surface area (Å²) in [5, 5.41) is 13.0. The lowest BCUT2D eigenvalue weighted by Gasteiger charge is -2.41. The highest BCUT2D eigenvalue weighted by Gasteiger charge is 2.38. The molecule has 2 N–H and O–H groups in total. The smallest absolute Gasteiger partial charge is 0.256 e. The number of likely N-dealkylation sites (tertiary alicyclic amines) is 1. The molecule has 1 aromatic carbocycles. The van der Waals surface area contributed by atoms with Crippen molar-refractivity contribution in [3.63, 3.8) is 0 Å². The Morgan fingerprint density at radius 3 is 2.96 bits per heavy atom. The topological polar surface area (TPSA) is 120 Å². The summed E-state index contributed by atoms with van der Waals surface area (Å²) in [5.74, 6) is -1.40. The van der Waals surface area contributed by atoms with Crippen LogP contribution < -0.4 is 5.14 Å². The fourth-order valence-electron chi connectivity index (χ4n) is 3.39. The maximum absolute atomic E-state index is 14.1. The number of sulfonamides is 1. The maximum atomic E-state index is 14.1. The summed E-state index contributed by atoms with van der Waals surface area (Å²) >= 11 is 0. The van der Waals surface area contributed by atoms with Crippen molar-refractivity contribution in [3.05, 3.63) is 41.5 Å². The first kappa shape index (κ1) is 17.1. The fourth-order valence-corrected chi connectivity index (χ4v) is 3.93. The molecule has 1 amide bonds. The van der Waals surface area contributed by atoms with Crippen LogP contribution in [0.15, 0.2) is 29.3 Å². The molecular formula is C15H16FN5O4S. The van der Waals surface area contributed by atoms with Gasteiger partial charge in [-0.05, 0) is 24.6 Å². The van der Waals surface area contributed by atoms with Crippen LogP contribution in [0.1, 0.15) is 28.5 Å². The van der Waals surface area contributed by atoms with Crippen molar-refractivity contribution in [1.29, 1.82) is 0 Å². The molecule has 11 heteroatoms. The third kappa shape index (κ3) is 2.87. The van der Waals surface area contributed by atoms with Crippen molar-refractivity contribution in [1.82, 2.24) is 19.9 Å². The molecule has 0 saturated carbocycles. The largest absolute Gasteiger partial charge is 0.368 e. The average Bonchev–Trinajstić information content (AvgIpc) is 3.09. The monoisotopic (exact) mass is 381 g/mol. The van der Waals surface area contributed by atoms with E-state index in [1.165, 1.54) is 4.90 Å². The van der Waals surface area contributed by atoms with Crippen LogP contribution in [-0.2, 0) is 21.4 Å². The fraction of sp³-hybridized carbons (Fsp3) is 0.400. The summed E-state index contributed by atoms with van der Waals surface area (Å²) in [4.78, 5) is 13.9. The van der Waals surface area contributed by atoms with Crippen LogP contribution in [0.25, 0.3) is 0 Å². The quantitative estimate of drug-likeness (QED) is 0.785. The summed E-state index contributed by atoms with van der Waals surface area (Å²) in [6.07, 6.45) is 1.93. The number of rotatable bonds is 2. The van der Waals surface area contributed by atoms with Gasteiger partial charge in [-0.15, -0.1) is 5.10 Å². The number of carbonyl (C=O) groups is 1. The number of amides is 1. The number of primary sulfonamides is 1. The van der Waals surface area contributed by atoms with E-state index in [0.29, 0.717) is 19.6 Å². The zero-order chi connectivity index (χ0) is 18.5. The first-order chi connectivity index (χ1) is 12.3. The molecule has 0 aliphatic carbocycles. The normalized spacial score (nSPS) is 22.6. The van der Waals surface area contributed by atoms with Gasteiger partial charge in [0, 0.05) is 13.1 Å². The highest BCUT2D eigenvalue weighted by molar-refractivity contribution is 7.89. The number of aromatic nitrogens is 3. The molecule has 1 saturated heterocycles. The molecule has 2 aliphatic heterocycles. The summed E-state index contributed by atoms with van der Waals surface area (Å²) in [6.45, 7) is 0.953. The summed E-state index contributed by atoms with van der Waals surface area (Å²) < 4.78 is 44.6. The van der Waals surface area contributed by atoms with E-state index in [2.05, 4.69) is 10.3 Å². The van der Waals surface area contributed by atoms with Crippen LogP contribution in [0.2, 0.25) is 0 Å². The third-order valence-corrected chi connectivity index (χ3v) is 5.63. The van der Waals surface area contributed by atoms with E-state index in [1.54, 1.807) is 10.9 Å². The molecule has 0 unspecified atom stereocenters. The first-order valence-electron chi connectivity index (χ1n) is 7.97. The molecule has 3 heterocycles. The van der Waals surface area contributed by atoms with Crippen molar-refractivity contribution >= 4 is 15.9 Å². The van der Waals surface area contributed by atoms with Crippen LogP contribution >= 0.6 is 0 Å². The average molecular weight is 381 g/mol. The van der Waals surface area contributed by atoms with Crippen molar-refractivity contribution in [2.45, 2.75) is 30.1 Å². The second kappa shape index (κ2) is 6.11. The Morgan fingerprint density at radius 1 is 1.38 bits per heavy atom. The SMILES string of the molecule is NS(=O)(=O)c1ccc(F)c(C(=O)N2CC[C@H]3[C@H](C2)OCc2cnnn23)c1. The number of piperidine rings is 1. The number of fused-ring (bicyclic) bond motifs is 3. The minimum atomic E-state index is -4.03. The van der Waals surface area contributed by atoms with Gasteiger partial charge in [0.2, 0.25) is 10.0 Å². The molecular weight excluding hydrogens is 365 g/mol. The summed E-state index contributed by atoms with van der Waals surface area (Å²) in [6, 6.07) is 2.89. The van der Waals surface area contributed by atoms with Crippen LogP contribution in [0.3, 0.4) is 0 Å². The lowest BCUT2D eigenvalue weighted by Crippen LogP contribution is -2.50. The Balaban J connectivity index is 1.58. The van der Waals surface area contributed by atoms with E-state index in [0.717, 1.165) is 23.9 Å². The van der Waals surface area contributed by atoms with Gasteiger partial charge in [0.1, 0.15) is 5.82 Å². The minimum Gasteiger partial charge on any atom is -0.368 e. The number of carbonyl (C=O) groups excluding carboxylic acids is 1. The number of halogens is 1. The van der Waals surface area contributed by atoms with E-state index in [9.17, 15) is 17.6 Å². The number of hydrogen-bond donors (Lipinski definition) is 1. The number of hydrogen-bond acceptors (Lipinski definition) is 6. The molecule has 1 aromatic heterocycles. The van der Waals surface area contributed by atoms with Crippen LogP contribution in [0.5, 0.6) is 0 Å². The Labute approximate surface area is 148 Å². The molecule has 0 radical (unpaired) electrons. The molecule has 0 bridgehead atoms. The Hall–Kier alpha value is -2.37. The van der Waals surface area contributed by atoms with Gasteiger partial charge < -0.3 is 9.64 Å². The first-order valence-corrected chi connectivity index (χ1v) is 9.51. The highest BCUT2D eigenvalue weighted by Crippen LogP contribution is 2.31. The standard InChI is InChI=1S/C15H16FN5O4S/c16-12-2-1-10(26(17,23)24)5-11(12)15(22)20-4-3-13-14(7-20)25-8-9-6-18-19-21(9)13/h1-2,5-6,13-14H,3-4,7-8H2,(H2,17,23,24)/t13-,14-/m0/s1. The molecule has 0 spiro atoms. The highest BCUT2D eigenvalue weighted by atomic mass is 32.2. The van der Waals surface area contributed by atoms with E-state index in [1.807, 2.05) is 0 Å². The Bertz CT molecular complexity index is 976. The van der Waals surface area contributed by atoms with Crippen LogP contribution in [-0.4, -0.2) is 53.4 Å². The molecule has 9 nitrogen and oxygen atoms in total. The second-order valence-corrected chi connectivity index (χ2v) is 7.87. The van der Waals surface area contributed by atoms with Crippen LogP contribution in [0.4, 0.5) is 4.39 Å². The number of ether oxygens (including phenoxy) is 1. The van der Waals surface area contributed by atoms with Crippen LogP contribution in [0, 0.1) is 5.82 Å². The predicted octanol–water partition coefficient (Wildman–Crippen LogP) is 0.0506. The second-order valence-electron chi connectivity index (χ2n) is 6.31. The zero-order valence-corrected chi connectivity index (χ0v) is 14.4. The minimum absolute atomic E-state index is 0.0362. The maximum Gasteiger partial charge on any atom is 0.256 e. The van der Waals surface area contributed by atoms with Gasteiger partial charge in [0.05, 0.1) is 41.1 Å². The van der Waals surface area contributed by atoms with Crippen molar-refractivity contribution in [2.75, 3.05) is 13.1 Å². The van der Waals surface area contributed by atoms with E-state index < -0.39 is 21.7 Å². The molecule has 138 valence electrons. The molecule has 1 fully saturated rings. The van der Waals surface area contributed by atoms with Crippen molar-refractivity contribution in [2.24, 2.45) is 5.14 Å². The molecule has 26 heavy (non-hydrogen) atoms. The Morgan fingerprint density at radius 2 is 2.19 bits per heavy atom. The van der Waals surface area contributed by atoms with Gasteiger partial charge in [0.15, 0.2) is 0 Å². The third-order valence-electron chi connectivity index (χ3n) is 4.72. The lowest BCUT2D eigenvalue weighted by atomic mass is 9.99. The van der Waals surface area contributed by atoms with Crippen molar-refractivity contribution in [3.8, 4) is 0 Å². The number of benzene rings is 1. The number of nitrogens with zero attached hydrogens (tertiary/aromatic N) is 4. The molecule has 2 atom stereocenters. The van der Waals surface area contributed by atoms with Gasteiger partial charge >= 0.3 is 0 Å². The van der Waals surface area contributed by atoms with E-state index in [4.69, 9.17) is 9.88 Å². The zero-order valence-electron chi connectivity index (χ0n) is 13.6. The molecule has 2 aliphatic rings. The van der Waals surface area contributed by atoms with Gasteiger partial charge in [-0.3, -0.25) is 4.79 Å². The van der Waals surface area contributed by atoms with E-state index in [-0.39, 0.29) is 29.1 Å². The lowest BCUT2D eigenvalue weighted by molar-refractivity contribution is -0.0628. The van der Waals surface area contributed by atoms with E-state index >= 15 is 0 Å². The van der Waals surface area contributed by atoms with Gasteiger partial charge in [-0.1, -0.05) is 5.21 Å². The van der Waals surface area contributed by atoms with Crippen molar-refractivity contribution < 1.29 is 22.3 Å². The van der Waals surface area contributed by atoms with Gasteiger partial charge in [-0.2, -0.15) is 0 Å². The molecule has 4 rings (SSSR count).